The third-order valence-corrected chi connectivity index (χ3v) is 6.16. The first kappa shape index (κ1) is 16.9. The molecule has 26 heavy (non-hydrogen) atoms. The Bertz CT molecular complexity index is 758. The van der Waals surface area contributed by atoms with E-state index in [1.54, 1.807) is 24.3 Å². The summed E-state index contributed by atoms with van der Waals surface area (Å²) in [6.45, 7) is 1.63. The molecule has 0 aromatic heterocycles. The van der Waals surface area contributed by atoms with Gasteiger partial charge in [-0.15, -0.1) is 0 Å². The summed E-state index contributed by atoms with van der Waals surface area (Å²) in [5.74, 6) is 0.0123. The number of hydrogen-bond donors (Lipinski definition) is 1. The highest BCUT2D eigenvalue weighted by Crippen LogP contribution is 2.56. The highest BCUT2D eigenvalue weighted by molar-refractivity contribution is 6.06. The average Bonchev–Trinajstić information content (AvgIpc) is 3.28. The van der Waals surface area contributed by atoms with E-state index in [0.717, 1.165) is 19.3 Å². The van der Waals surface area contributed by atoms with Crippen molar-refractivity contribution in [1.29, 1.82) is 0 Å². The van der Waals surface area contributed by atoms with Crippen molar-refractivity contribution in [3.05, 3.63) is 29.8 Å². The zero-order valence-corrected chi connectivity index (χ0v) is 14.7. The monoisotopic (exact) mass is 354 g/mol. The van der Waals surface area contributed by atoms with Crippen LogP contribution in [0.4, 0.5) is 5.69 Å². The number of ketones is 1. The minimum Gasteiger partial charge on any atom is -0.326 e. The van der Waals surface area contributed by atoms with Crippen LogP contribution in [0, 0.1) is 23.7 Å². The van der Waals surface area contributed by atoms with Crippen LogP contribution in [0.5, 0.6) is 0 Å². The maximum atomic E-state index is 12.6. The lowest BCUT2D eigenvalue weighted by atomic mass is 9.81. The number of imide groups is 1. The molecule has 3 amide bonds. The molecule has 2 bridgehead atoms. The number of rotatable bonds is 5. The molecule has 6 nitrogen and oxygen atoms in total. The summed E-state index contributed by atoms with van der Waals surface area (Å²) >= 11 is 0. The van der Waals surface area contributed by atoms with E-state index in [0.29, 0.717) is 23.1 Å². The van der Waals surface area contributed by atoms with Gasteiger partial charge in [-0.1, -0.05) is 0 Å². The molecule has 3 aliphatic rings. The van der Waals surface area contributed by atoms with E-state index in [2.05, 4.69) is 5.32 Å². The van der Waals surface area contributed by atoms with E-state index in [-0.39, 0.29) is 48.3 Å². The van der Waals surface area contributed by atoms with Crippen molar-refractivity contribution >= 4 is 29.2 Å². The van der Waals surface area contributed by atoms with Gasteiger partial charge in [0.25, 0.3) is 0 Å². The van der Waals surface area contributed by atoms with Crippen LogP contribution < -0.4 is 5.32 Å². The summed E-state index contributed by atoms with van der Waals surface area (Å²) in [6.07, 6.45) is 3.20. The Kier molecular flexibility index (Phi) is 4.13. The summed E-state index contributed by atoms with van der Waals surface area (Å²) in [7, 11) is 0. The minimum absolute atomic E-state index is 0.0338. The summed E-state index contributed by atoms with van der Waals surface area (Å²) in [6, 6.07) is 6.65. The molecule has 0 spiro atoms. The quantitative estimate of drug-likeness (QED) is 0.649. The van der Waals surface area contributed by atoms with Gasteiger partial charge in [0.2, 0.25) is 17.7 Å². The van der Waals surface area contributed by atoms with E-state index in [1.165, 1.54) is 11.8 Å². The summed E-state index contributed by atoms with van der Waals surface area (Å²) in [4.78, 5) is 49.9. The van der Waals surface area contributed by atoms with Crippen molar-refractivity contribution in [3.8, 4) is 0 Å². The molecule has 1 heterocycles. The Balaban J connectivity index is 1.34. The Morgan fingerprint density at radius 2 is 1.62 bits per heavy atom. The Morgan fingerprint density at radius 3 is 2.15 bits per heavy atom. The van der Waals surface area contributed by atoms with Gasteiger partial charge in [0.1, 0.15) is 0 Å². The minimum atomic E-state index is -0.249. The standard InChI is InChI=1S/C20H22N2O4/c1-11(23)12-4-6-15(7-5-12)21-16(24)8-9-22-19(25)17-13-2-3-14(10-13)18(17)20(22)26/h4-7,13-14,17-18H,2-3,8-10H2,1H3,(H,21,24)/t13-,14+,17+,18-. The molecular weight excluding hydrogens is 332 g/mol. The number of carbonyl (C=O) groups is 4. The van der Waals surface area contributed by atoms with Gasteiger partial charge in [-0.25, -0.2) is 0 Å². The molecule has 0 unspecified atom stereocenters. The van der Waals surface area contributed by atoms with Crippen molar-refractivity contribution in [3.63, 3.8) is 0 Å². The molecule has 1 saturated heterocycles. The van der Waals surface area contributed by atoms with E-state index in [1.807, 2.05) is 0 Å². The molecule has 3 fully saturated rings. The lowest BCUT2D eigenvalue weighted by molar-refractivity contribution is -0.140. The number of fused-ring (bicyclic) bond motifs is 5. The number of anilines is 1. The van der Waals surface area contributed by atoms with E-state index in [9.17, 15) is 19.2 Å². The lowest BCUT2D eigenvalue weighted by Crippen LogP contribution is -2.35. The number of carbonyl (C=O) groups excluding carboxylic acids is 4. The van der Waals surface area contributed by atoms with Crippen molar-refractivity contribution in [2.24, 2.45) is 23.7 Å². The second-order valence-electron chi connectivity index (χ2n) is 7.64. The first-order chi connectivity index (χ1) is 12.5. The van der Waals surface area contributed by atoms with Gasteiger partial charge in [-0.3, -0.25) is 24.1 Å². The number of Topliss-reactive ketones (excluding diaryl/α,β-unsaturated/α-hetero) is 1. The van der Waals surface area contributed by atoms with Gasteiger partial charge < -0.3 is 5.32 Å². The first-order valence-corrected chi connectivity index (χ1v) is 9.22. The van der Waals surface area contributed by atoms with E-state index >= 15 is 0 Å². The zero-order valence-electron chi connectivity index (χ0n) is 14.7. The lowest BCUT2D eigenvalue weighted by Gasteiger charge is -2.19. The van der Waals surface area contributed by atoms with Crippen molar-refractivity contribution < 1.29 is 19.2 Å². The van der Waals surface area contributed by atoms with Gasteiger partial charge in [-0.2, -0.15) is 0 Å². The SMILES string of the molecule is CC(=O)c1ccc(NC(=O)CCN2C(=O)[C@@H]3[C@H]4CC[C@H](C4)[C@@H]3C2=O)cc1. The van der Waals surface area contributed by atoms with Crippen molar-refractivity contribution in [2.75, 3.05) is 11.9 Å². The molecule has 136 valence electrons. The normalized spacial score (nSPS) is 29.2. The molecule has 4 atom stereocenters. The molecule has 1 aliphatic heterocycles. The van der Waals surface area contributed by atoms with E-state index < -0.39 is 0 Å². The Morgan fingerprint density at radius 1 is 1.04 bits per heavy atom. The molecule has 1 aromatic rings. The van der Waals surface area contributed by atoms with Crippen molar-refractivity contribution in [1.82, 2.24) is 4.90 Å². The van der Waals surface area contributed by atoms with Gasteiger partial charge in [0.05, 0.1) is 11.8 Å². The first-order valence-electron chi connectivity index (χ1n) is 9.22. The fourth-order valence-corrected chi connectivity index (χ4v) is 4.92. The summed E-state index contributed by atoms with van der Waals surface area (Å²) in [5, 5.41) is 2.74. The number of hydrogen-bond acceptors (Lipinski definition) is 4. The highest BCUT2D eigenvalue weighted by atomic mass is 16.2. The molecule has 6 heteroatoms. The molecule has 2 aliphatic carbocycles. The topological polar surface area (TPSA) is 83.6 Å². The number of amides is 3. The van der Waals surface area contributed by atoms with Crippen LogP contribution in [-0.2, 0) is 14.4 Å². The zero-order chi connectivity index (χ0) is 18.4. The number of nitrogens with zero attached hydrogens (tertiary/aromatic N) is 1. The third kappa shape index (κ3) is 2.73. The van der Waals surface area contributed by atoms with Gasteiger partial charge in [-0.05, 0) is 62.3 Å². The molecule has 1 N–H and O–H groups in total. The highest BCUT2D eigenvalue weighted by Gasteiger charge is 2.60. The van der Waals surface area contributed by atoms with Crippen LogP contribution in [0.1, 0.15) is 43.0 Å². The predicted octanol–water partition coefficient (Wildman–Crippen LogP) is 2.25. The van der Waals surface area contributed by atoms with Crippen LogP contribution in [0.3, 0.4) is 0 Å². The average molecular weight is 354 g/mol. The van der Waals surface area contributed by atoms with Crippen LogP contribution in [-0.4, -0.2) is 34.9 Å². The molecule has 1 aromatic carbocycles. The fraction of sp³-hybridized carbons (Fsp3) is 0.500. The molecule has 0 radical (unpaired) electrons. The predicted molar refractivity (Wildman–Crippen MR) is 94.2 cm³/mol. The summed E-state index contributed by atoms with van der Waals surface area (Å²) < 4.78 is 0. The number of likely N-dealkylation sites (tertiary alicyclic amines) is 1. The smallest absolute Gasteiger partial charge is 0.233 e. The van der Waals surface area contributed by atoms with E-state index in [4.69, 9.17) is 0 Å². The van der Waals surface area contributed by atoms with Crippen LogP contribution in [0.2, 0.25) is 0 Å². The number of benzene rings is 1. The molecular formula is C20H22N2O4. The Hall–Kier alpha value is -2.50. The van der Waals surface area contributed by atoms with Crippen LogP contribution in [0.25, 0.3) is 0 Å². The van der Waals surface area contributed by atoms with Gasteiger partial charge in [0, 0.05) is 24.2 Å². The molecule has 4 rings (SSSR count). The summed E-state index contributed by atoms with van der Waals surface area (Å²) in [5.41, 5.74) is 1.17. The largest absolute Gasteiger partial charge is 0.326 e. The maximum absolute atomic E-state index is 12.6. The Labute approximate surface area is 151 Å². The molecule has 2 saturated carbocycles. The van der Waals surface area contributed by atoms with Crippen molar-refractivity contribution in [2.45, 2.75) is 32.6 Å². The van der Waals surface area contributed by atoms with Gasteiger partial charge in [0.15, 0.2) is 5.78 Å². The van der Waals surface area contributed by atoms with Crippen LogP contribution >= 0.6 is 0 Å². The third-order valence-electron chi connectivity index (χ3n) is 6.16. The maximum Gasteiger partial charge on any atom is 0.233 e. The van der Waals surface area contributed by atoms with Crippen LogP contribution in [0.15, 0.2) is 24.3 Å². The van der Waals surface area contributed by atoms with Gasteiger partial charge >= 0.3 is 0 Å². The second-order valence-corrected chi connectivity index (χ2v) is 7.64. The second kappa shape index (κ2) is 6.34. The number of nitrogens with one attached hydrogen (secondary N) is 1. The fourth-order valence-electron chi connectivity index (χ4n) is 4.92.